The van der Waals surface area contributed by atoms with Gasteiger partial charge in [-0.05, 0) is 146 Å². The summed E-state index contributed by atoms with van der Waals surface area (Å²) in [6.45, 7) is 22.9. The van der Waals surface area contributed by atoms with Crippen molar-refractivity contribution in [1.82, 2.24) is 9.55 Å². The Morgan fingerprint density at radius 2 is 1.30 bits per heavy atom. The molecule has 0 fully saturated rings. The topological polar surface area (TPSA) is 33.5 Å². The van der Waals surface area contributed by atoms with E-state index in [0.717, 1.165) is 24.1 Å². The summed E-state index contributed by atoms with van der Waals surface area (Å²) in [6.07, 6.45) is -0.942. The molecule has 1 aliphatic carbocycles. The molecule has 0 bridgehead atoms. The summed E-state index contributed by atoms with van der Waals surface area (Å²) in [5.41, 5.74) is 4.55. The molecule has 0 spiro atoms. The van der Waals surface area contributed by atoms with Crippen molar-refractivity contribution in [3.63, 3.8) is 0 Å². The van der Waals surface area contributed by atoms with E-state index >= 15 is 0 Å². The third-order valence-corrected chi connectivity index (χ3v) is 15.5. The SMILES string of the molecule is [2H]c1c([2H])c2c(c([2H])c1-c1cccc(-c3c([2H])c(C(C)(C)C)c([2H])c(C([2H])([2H])C(C)(C)C)c3[2H])c1N1CN(c3cccc(Oc4ccc5c6c([2H])c([2H])c([2H])c([2H])c6n(-c6cc(C([2H])([2H])C(C)C)c(-c7ccccc7)cn6)c5c4)c3)c3ccccc31)C(C)(C)CCC2(C)C. The number of ether oxygens (including phenoxy) is 1. The zero-order valence-electron chi connectivity index (χ0n) is 62.0. The van der Waals surface area contributed by atoms with Gasteiger partial charge in [-0.1, -0.05) is 204 Å². The summed E-state index contributed by atoms with van der Waals surface area (Å²) in [5, 5.41) is 0.767. The lowest BCUT2D eigenvalue weighted by atomic mass is 9.63. The van der Waals surface area contributed by atoms with Crippen molar-refractivity contribution in [2.45, 2.75) is 125 Å². The van der Waals surface area contributed by atoms with Crippen molar-refractivity contribution in [1.29, 1.82) is 0 Å². The average Bonchev–Trinajstić information content (AvgIpc) is 1.27. The van der Waals surface area contributed by atoms with Gasteiger partial charge in [-0.25, -0.2) is 4.98 Å². The van der Waals surface area contributed by atoms with Gasteiger partial charge in [0.15, 0.2) is 0 Å². The van der Waals surface area contributed by atoms with Crippen molar-refractivity contribution >= 4 is 44.6 Å². The fourth-order valence-corrected chi connectivity index (χ4v) is 11.4. The predicted octanol–water partition coefficient (Wildman–Crippen LogP) is 20.7. The number of aromatic nitrogens is 2. The van der Waals surface area contributed by atoms with Crippen molar-refractivity contribution in [2.24, 2.45) is 11.3 Å². The Morgan fingerprint density at radius 1 is 0.613 bits per heavy atom. The van der Waals surface area contributed by atoms with Crippen LogP contribution in [-0.4, -0.2) is 16.2 Å². The molecule has 1 aliphatic heterocycles. The molecule has 0 saturated heterocycles. The minimum absolute atomic E-state index is 0.0353. The predicted molar refractivity (Wildman–Crippen MR) is 339 cm³/mol. The first-order valence-electron chi connectivity index (χ1n) is 34.9. The molecule has 0 radical (unpaired) electrons. The first-order valence-corrected chi connectivity index (χ1v) is 27.9. The molecule has 10 aromatic rings. The van der Waals surface area contributed by atoms with E-state index in [9.17, 15) is 16.4 Å². The smallest absolute Gasteiger partial charge is 0.137 e. The zero-order chi connectivity index (χ0) is 68.2. The van der Waals surface area contributed by atoms with Gasteiger partial charge in [0.1, 0.15) is 24.0 Å². The minimum atomic E-state index is -2.23. The summed E-state index contributed by atoms with van der Waals surface area (Å²) in [7, 11) is 0. The fraction of sp³-hybridized carbons (Fsp3) is 0.293. The minimum Gasteiger partial charge on any atom is -0.457 e. The van der Waals surface area contributed by atoms with Crippen molar-refractivity contribution in [3.8, 4) is 50.7 Å². The molecule has 2 aliphatic rings. The summed E-state index contributed by atoms with van der Waals surface area (Å²) in [4.78, 5) is 9.06. The highest BCUT2D eigenvalue weighted by molar-refractivity contribution is 6.09. The van der Waals surface area contributed by atoms with Gasteiger partial charge in [-0.15, -0.1) is 0 Å². The summed E-state index contributed by atoms with van der Waals surface area (Å²) >= 11 is 0. The van der Waals surface area contributed by atoms with E-state index in [0.29, 0.717) is 72.8 Å². The zero-order valence-corrected chi connectivity index (χ0v) is 48.0. The monoisotopic (exact) mass is 1060 g/mol. The molecule has 5 heteroatoms. The molecule has 2 aromatic heterocycles. The Balaban J connectivity index is 1.04. The summed E-state index contributed by atoms with van der Waals surface area (Å²) < 4.78 is 143. The van der Waals surface area contributed by atoms with E-state index in [4.69, 9.17) is 12.5 Å². The second kappa shape index (κ2) is 20.0. The number of para-hydroxylation sites is 4. The van der Waals surface area contributed by atoms with Crippen molar-refractivity contribution in [3.05, 3.63) is 216 Å². The molecule has 3 heterocycles. The lowest BCUT2D eigenvalue weighted by Gasteiger charge is -2.42. The van der Waals surface area contributed by atoms with Crippen LogP contribution in [0.1, 0.15) is 143 Å². The summed E-state index contributed by atoms with van der Waals surface area (Å²) in [5.74, 6) is 0.560. The maximum atomic E-state index is 10.3. The normalized spacial score (nSPS) is 17.8. The van der Waals surface area contributed by atoms with E-state index < -0.39 is 52.4 Å². The molecule has 0 N–H and O–H groups in total. The summed E-state index contributed by atoms with van der Waals surface area (Å²) in [6, 6.07) is 35.2. The lowest BCUT2D eigenvalue weighted by Crippen LogP contribution is -2.33. The molecule has 8 aromatic carbocycles. The van der Waals surface area contributed by atoms with Gasteiger partial charge in [0, 0.05) is 57.0 Å². The first-order chi connectivity index (χ1) is 43.9. The Morgan fingerprint density at radius 3 is 2.04 bits per heavy atom. The number of anilines is 4. The van der Waals surface area contributed by atoms with Crippen LogP contribution in [0.5, 0.6) is 11.5 Å². The van der Waals surface area contributed by atoms with E-state index in [1.807, 2.05) is 124 Å². The molecular weight excluding hydrogens is 973 g/mol. The van der Waals surface area contributed by atoms with Gasteiger partial charge in [0.2, 0.25) is 0 Å². The van der Waals surface area contributed by atoms with Crippen LogP contribution in [0.3, 0.4) is 0 Å². The maximum absolute atomic E-state index is 10.3. The van der Waals surface area contributed by atoms with E-state index in [2.05, 4.69) is 32.6 Å². The molecule has 0 saturated carbocycles. The van der Waals surface area contributed by atoms with Gasteiger partial charge in [0.25, 0.3) is 0 Å². The van der Waals surface area contributed by atoms with Crippen molar-refractivity contribution < 1.29 is 23.9 Å². The van der Waals surface area contributed by atoms with Crippen LogP contribution < -0.4 is 14.5 Å². The van der Waals surface area contributed by atoms with Crippen LogP contribution in [0.2, 0.25) is 0 Å². The number of hydrogen-bond donors (Lipinski definition) is 0. The highest BCUT2D eigenvalue weighted by atomic mass is 16.5. The Hall–Kier alpha value is -7.89. The van der Waals surface area contributed by atoms with Gasteiger partial charge >= 0.3 is 0 Å². The van der Waals surface area contributed by atoms with Crippen LogP contribution in [0.15, 0.2) is 188 Å². The fourth-order valence-electron chi connectivity index (χ4n) is 11.4. The Kier molecular flexibility index (Phi) is 9.68. The number of fused-ring (bicyclic) bond motifs is 5. The van der Waals surface area contributed by atoms with E-state index in [-0.39, 0.29) is 94.0 Å². The number of nitrogens with zero attached hydrogens (tertiary/aromatic N) is 4. The van der Waals surface area contributed by atoms with Crippen LogP contribution in [0, 0.1) is 11.3 Å². The molecule has 80 heavy (non-hydrogen) atoms. The highest BCUT2D eigenvalue weighted by Gasteiger charge is 2.38. The molecule has 0 amide bonds. The molecular formula is C75H78N4O. The Bertz CT molecular complexity index is 4770. The second-order valence-corrected chi connectivity index (χ2v) is 25.2. The molecule has 0 unspecified atom stereocenters. The third kappa shape index (κ3) is 9.99. The lowest BCUT2D eigenvalue weighted by molar-refractivity contribution is 0.332. The van der Waals surface area contributed by atoms with E-state index in [1.54, 1.807) is 67.9 Å². The molecule has 0 atom stereocenters. The Labute approximate surface area is 495 Å². The molecule has 5 nitrogen and oxygen atoms in total. The number of benzene rings is 8. The van der Waals surface area contributed by atoms with E-state index in [1.165, 1.54) is 0 Å². The average molecular weight is 1070 g/mol. The van der Waals surface area contributed by atoms with Gasteiger partial charge in [-0.3, -0.25) is 4.57 Å². The second-order valence-electron chi connectivity index (χ2n) is 25.2. The van der Waals surface area contributed by atoms with Crippen LogP contribution >= 0.6 is 0 Å². The van der Waals surface area contributed by atoms with Crippen LogP contribution in [0.4, 0.5) is 22.7 Å². The quantitative estimate of drug-likeness (QED) is 0.129. The number of rotatable bonds is 11. The van der Waals surface area contributed by atoms with Gasteiger partial charge < -0.3 is 14.5 Å². The molecule has 404 valence electrons. The van der Waals surface area contributed by atoms with Gasteiger partial charge in [-0.2, -0.15) is 0 Å². The van der Waals surface area contributed by atoms with Crippen LogP contribution in [-0.2, 0) is 29.0 Å². The highest BCUT2D eigenvalue weighted by Crippen LogP contribution is 2.53. The van der Waals surface area contributed by atoms with Gasteiger partial charge in [0.05, 0.1) is 41.8 Å². The largest absolute Gasteiger partial charge is 0.457 e. The van der Waals surface area contributed by atoms with Crippen LogP contribution in [0.25, 0.3) is 61.0 Å². The first kappa shape index (κ1) is 38.7. The molecule has 12 rings (SSSR count). The standard InChI is InChI=1S/C75H78N4O/c1-49(2)38-53-43-70(76-47-63(53)51-22-14-13-15-23-51)79-66-29-17-16-26-61(66)62-34-33-58(45-69(62)79)80-57-25-20-24-56(44-57)77-48-78(68-31-19-18-30-67(68)77)71-59(52-32-35-64-65(42-52)75(11,12)37-36-74(64,9)10)27-21-28-60(71)54-39-50(46-72(3,4)5)40-55(41-54)73(6,7)8/h13-35,39-45,47,49H,36-38,46,48H2,1-12H3/i16D,17D,26D,29D,32D,35D,38D2,39D,40D,41D,42D,46D2. The van der Waals surface area contributed by atoms with Crippen molar-refractivity contribution in [2.75, 3.05) is 16.5 Å². The third-order valence-electron chi connectivity index (χ3n) is 15.5. The number of pyridine rings is 1. The maximum Gasteiger partial charge on any atom is 0.137 e. The number of hydrogen-bond acceptors (Lipinski definition) is 4.